The number of hydrogen-bond acceptors (Lipinski definition) is 3. The second kappa shape index (κ2) is 6.92. The maximum absolute atomic E-state index is 12.6. The molecule has 130 valence electrons. The molecule has 0 N–H and O–H groups in total. The Kier molecular flexibility index (Phi) is 5.32. The van der Waals surface area contributed by atoms with Crippen LogP contribution < -0.4 is 0 Å². The predicted octanol–water partition coefficient (Wildman–Crippen LogP) is 4.56. The minimum atomic E-state index is -0.402. The van der Waals surface area contributed by atoms with Crippen LogP contribution in [-0.2, 0) is 14.3 Å². The number of carbonyl (C=O) groups is 2. The molecule has 0 spiro atoms. The van der Waals surface area contributed by atoms with Crippen molar-refractivity contribution >= 4 is 11.8 Å². The summed E-state index contributed by atoms with van der Waals surface area (Å²) in [5.41, 5.74) is 2.80. The van der Waals surface area contributed by atoms with E-state index in [1.54, 1.807) is 6.08 Å². The molecule has 0 heterocycles. The fourth-order valence-electron chi connectivity index (χ4n) is 3.56. The quantitative estimate of drug-likeness (QED) is 0.408. The lowest BCUT2D eigenvalue weighted by Gasteiger charge is -2.13. The minimum absolute atomic E-state index is 0.0654. The van der Waals surface area contributed by atoms with Gasteiger partial charge in [-0.25, -0.2) is 0 Å². The van der Waals surface area contributed by atoms with Gasteiger partial charge in [0.05, 0.1) is 12.3 Å². The lowest BCUT2D eigenvalue weighted by molar-refractivity contribution is -0.150. The zero-order chi connectivity index (χ0) is 18.1. The summed E-state index contributed by atoms with van der Waals surface area (Å²) in [5, 5.41) is 0. The van der Waals surface area contributed by atoms with Gasteiger partial charge in [0, 0.05) is 5.57 Å². The van der Waals surface area contributed by atoms with Crippen molar-refractivity contribution in [3.63, 3.8) is 0 Å². The summed E-state index contributed by atoms with van der Waals surface area (Å²) in [6.07, 6.45) is 8.01. The number of hydrogen-bond donors (Lipinski definition) is 0. The van der Waals surface area contributed by atoms with Crippen molar-refractivity contribution in [3.8, 4) is 0 Å². The molecule has 0 radical (unpaired) electrons. The predicted molar refractivity (Wildman–Crippen MR) is 96.4 cm³/mol. The highest BCUT2D eigenvalue weighted by molar-refractivity contribution is 6.00. The Morgan fingerprint density at radius 3 is 2.62 bits per heavy atom. The van der Waals surface area contributed by atoms with Crippen molar-refractivity contribution in [2.45, 2.75) is 53.6 Å². The smallest absolute Gasteiger partial charge is 0.310 e. The number of ether oxygens (including phenoxy) is 1. The number of carbonyl (C=O) groups excluding carboxylic acids is 2. The molecule has 2 aliphatic rings. The molecular formula is C21H28O3. The third-order valence-corrected chi connectivity index (χ3v) is 5.20. The van der Waals surface area contributed by atoms with Crippen molar-refractivity contribution in [1.82, 2.24) is 0 Å². The van der Waals surface area contributed by atoms with Crippen molar-refractivity contribution in [2.75, 3.05) is 0 Å². The topological polar surface area (TPSA) is 43.4 Å². The molecule has 0 amide bonds. The lowest BCUT2D eigenvalue weighted by Crippen LogP contribution is -2.20. The molecule has 0 aliphatic heterocycles. The maximum atomic E-state index is 12.6. The van der Waals surface area contributed by atoms with Gasteiger partial charge in [-0.05, 0) is 44.1 Å². The van der Waals surface area contributed by atoms with Gasteiger partial charge >= 0.3 is 5.97 Å². The van der Waals surface area contributed by atoms with Gasteiger partial charge in [0.1, 0.15) is 6.10 Å². The second-order valence-electron chi connectivity index (χ2n) is 7.65. The maximum Gasteiger partial charge on any atom is 0.310 e. The lowest BCUT2D eigenvalue weighted by atomic mass is 10.1. The van der Waals surface area contributed by atoms with E-state index in [4.69, 9.17) is 4.74 Å². The molecule has 0 aromatic rings. The summed E-state index contributed by atoms with van der Waals surface area (Å²) in [6, 6.07) is 0. The van der Waals surface area contributed by atoms with E-state index < -0.39 is 6.10 Å². The van der Waals surface area contributed by atoms with Crippen LogP contribution in [0.1, 0.15) is 47.5 Å². The molecule has 2 rings (SSSR count). The van der Waals surface area contributed by atoms with E-state index in [9.17, 15) is 9.59 Å². The Morgan fingerprint density at radius 2 is 2.04 bits per heavy atom. The zero-order valence-corrected chi connectivity index (χ0v) is 15.4. The van der Waals surface area contributed by atoms with Crippen molar-refractivity contribution in [3.05, 3.63) is 47.6 Å². The molecule has 1 saturated carbocycles. The monoisotopic (exact) mass is 328 g/mol. The fourth-order valence-corrected chi connectivity index (χ4v) is 3.56. The van der Waals surface area contributed by atoms with Crippen LogP contribution in [0.4, 0.5) is 0 Å². The molecule has 0 aromatic carbocycles. The van der Waals surface area contributed by atoms with Gasteiger partial charge in [-0.2, -0.15) is 0 Å². The Bertz CT molecular complexity index is 642. The Balaban J connectivity index is 2.05. The first-order valence-corrected chi connectivity index (χ1v) is 8.56. The number of rotatable bonds is 6. The van der Waals surface area contributed by atoms with E-state index >= 15 is 0 Å². The zero-order valence-electron chi connectivity index (χ0n) is 15.4. The first kappa shape index (κ1) is 18.4. The van der Waals surface area contributed by atoms with Crippen LogP contribution in [0.5, 0.6) is 0 Å². The third kappa shape index (κ3) is 3.61. The van der Waals surface area contributed by atoms with E-state index in [-0.39, 0.29) is 35.4 Å². The van der Waals surface area contributed by atoms with Gasteiger partial charge < -0.3 is 4.74 Å². The van der Waals surface area contributed by atoms with Crippen LogP contribution in [0.15, 0.2) is 47.6 Å². The van der Waals surface area contributed by atoms with Crippen LogP contribution in [0, 0.1) is 17.3 Å². The van der Waals surface area contributed by atoms with E-state index in [0.717, 1.165) is 11.1 Å². The molecule has 2 aliphatic carbocycles. The van der Waals surface area contributed by atoms with Crippen LogP contribution >= 0.6 is 0 Å². The van der Waals surface area contributed by atoms with E-state index in [0.29, 0.717) is 6.42 Å². The molecule has 3 nitrogen and oxygen atoms in total. The third-order valence-electron chi connectivity index (χ3n) is 5.20. The van der Waals surface area contributed by atoms with Gasteiger partial charge in [0.25, 0.3) is 0 Å². The minimum Gasteiger partial charge on any atom is -0.457 e. The summed E-state index contributed by atoms with van der Waals surface area (Å²) < 4.78 is 5.71. The molecule has 1 fully saturated rings. The number of allylic oxidation sites excluding steroid dienone is 6. The summed E-state index contributed by atoms with van der Waals surface area (Å²) in [7, 11) is 0. The highest BCUT2D eigenvalue weighted by atomic mass is 16.5. The summed E-state index contributed by atoms with van der Waals surface area (Å²) in [5.74, 6) is 0.0175. The number of ketones is 1. The second-order valence-corrected chi connectivity index (χ2v) is 7.65. The van der Waals surface area contributed by atoms with Crippen LogP contribution in [0.2, 0.25) is 0 Å². The van der Waals surface area contributed by atoms with Gasteiger partial charge in [0.15, 0.2) is 5.78 Å². The average Bonchev–Trinajstić information content (AvgIpc) is 2.90. The number of esters is 1. The standard InChI is InChI=1S/C21H28O3/c1-7-8-9-10-15-14(4)18(12-17(15)22)24-20(23)19-16(11-13(2)3)21(19,5)6/h7-9,11,16,18-19H,1,10,12H2,2-6H3. The average molecular weight is 328 g/mol. The van der Waals surface area contributed by atoms with Crippen LogP contribution in [0.3, 0.4) is 0 Å². The first-order chi connectivity index (χ1) is 11.2. The highest BCUT2D eigenvalue weighted by Gasteiger charge is 2.61. The molecule has 0 aromatic heterocycles. The molecule has 24 heavy (non-hydrogen) atoms. The summed E-state index contributed by atoms with van der Waals surface area (Å²) in [6.45, 7) is 13.8. The molecule has 0 bridgehead atoms. The van der Waals surface area contributed by atoms with Crippen molar-refractivity contribution < 1.29 is 14.3 Å². The highest BCUT2D eigenvalue weighted by Crippen LogP contribution is 2.60. The summed E-state index contributed by atoms with van der Waals surface area (Å²) >= 11 is 0. The van der Waals surface area contributed by atoms with Crippen molar-refractivity contribution in [1.29, 1.82) is 0 Å². The fraction of sp³-hybridized carbons (Fsp3) is 0.524. The van der Waals surface area contributed by atoms with E-state index in [1.165, 1.54) is 5.57 Å². The Hall–Kier alpha value is -1.90. The summed E-state index contributed by atoms with van der Waals surface area (Å²) in [4.78, 5) is 24.8. The van der Waals surface area contributed by atoms with Gasteiger partial charge in [0.2, 0.25) is 0 Å². The van der Waals surface area contributed by atoms with Crippen LogP contribution in [-0.4, -0.2) is 17.9 Å². The molecule has 3 atom stereocenters. The van der Waals surface area contributed by atoms with Crippen LogP contribution in [0.25, 0.3) is 0 Å². The largest absolute Gasteiger partial charge is 0.457 e. The first-order valence-electron chi connectivity index (χ1n) is 8.56. The Labute approximate surface area is 145 Å². The molecular weight excluding hydrogens is 300 g/mol. The Morgan fingerprint density at radius 1 is 1.38 bits per heavy atom. The van der Waals surface area contributed by atoms with E-state index in [1.807, 2.05) is 32.9 Å². The van der Waals surface area contributed by atoms with Gasteiger partial charge in [-0.15, -0.1) is 0 Å². The van der Waals surface area contributed by atoms with Crippen molar-refractivity contribution in [2.24, 2.45) is 17.3 Å². The van der Waals surface area contributed by atoms with Gasteiger partial charge in [-0.3, -0.25) is 9.59 Å². The SMILES string of the molecule is C=CC=CCC1=C(C)C(OC(=O)C2C(C=C(C)C)C2(C)C)CC1=O. The van der Waals surface area contributed by atoms with Gasteiger partial charge in [-0.1, -0.05) is 50.3 Å². The molecule has 3 unspecified atom stereocenters. The molecule has 0 saturated heterocycles. The van der Waals surface area contributed by atoms with E-state index in [2.05, 4.69) is 26.5 Å². The number of Topliss-reactive ketones (excluding diaryl/α,β-unsaturated/α-hetero) is 1. The normalized spacial score (nSPS) is 28.2. The molecule has 3 heteroatoms.